The van der Waals surface area contributed by atoms with E-state index in [2.05, 4.69) is 15.1 Å². The first-order chi connectivity index (χ1) is 9.31. The molecular weight excluding hydrogens is 266 g/mol. The maximum Gasteiger partial charge on any atom is 0.247 e. The van der Waals surface area contributed by atoms with Crippen LogP contribution in [0.25, 0.3) is 11.5 Å². The number of aromatic nitrogens is 2. The highest BCUT2D eigenvalue weighted by molar-refractivity contribution is 6.30. The number of ether oxygens (including phenoxy) is 1. The van der Waals surface area contributed by atoms with Crippen molar-refractivity contribution in [1.29, 1.82) is 0 Å². The molecule has 0 unspecified atom stereocenters. The maximum atomic E-state index is 5.95. The Balaban J connectivity index is 1.72. The van der Waals surface area contributed by atoms with Crippen LogP contribution in [0.4, 0.5) is 0 Å². The molecule has 0 saturated carbocycles. The molecule has 0 N–H and O–H groups in total. The minimum Gasteiger partial charge on any atom is -0.419 e. The predicted molar refractivity (Wildman–Crippen MR) is 70.8 cm³/mol. The van der Waals surface area contributed by atoms with Crippen LogP contribution in [0.3, 0.4) is 0 Å². The normalized spacial score (nSPS) is 16.7. The molecule has 0 aliphatic carbocycles. The van der Waals surface area contributed by atoms with Crippen LogP contribution in [0, 0.1) is 0 Å². The molecule has 0 radical (unpaired) electrons. The Kier molecular flexibility index (Phi) is 3.77. The van der Waals surface area contributed by atoms with Gasteiger partial charge >= 0.3 is 0 Å². The Morgan fingerprint density at radius 1 is 1.21 bits per heavy atom. The molecular formula is C13H14ClN3O2. The van der Waals surface area contributed by atoms with E-state index in [9.17, 15) is 0 Å². The zero-order valence-corrected chi connectivity index (χ0v) is 11.1. The van der Waals surface area contributed by atoms with Crippen molar-refractivity contribution < 1.29 is 9.15 Å². The average molecular weight is 280 g/mol. The SMILES string of the molecule is Clc1cccc(-c2nnc(CN3CCOCC3)o2)c1. The van der Waals surface area contributed by atoms with Crippen LogP contribution in [0.1, 0.15) is 5.89 Å². The van der Waals surface area contributed by atoms with E-state index in [1.54, 1.807) is 0 Å². The number of hydrogen-bond acceptors (Lipinski definition) is 5. The van der Waals surface area contributed by atoms with Gasteiger partial charge in [0.2, 0.25) is 11.8 Å². The van der Waals surface area contributed by atoms with Gasteiger partial charge in [0.1, 0.15) is 0 Å². The molecule has 19 heavy (non-hydrogen) atoms. The van der Waals surface area contributed by atoms with Gasteiger partial charge in [-0.2, -0.15) is 0 Å². The molecule has 100 valence electrons. The van der Waals surface area contributed by atoms with Crippen molar-refractivity contribution in [2.75, 3.05) is 26.3 Å². The van der Waals surface area contributed by atoms with Gasteiger partial charge in [0.05, 0.1) is 19.8 Å². The first kappa shape index (κ1) is 12.6. The minimum atomic E-state index is 0.505. The van der Waals surface area contributed by atoms with E-state index in [1.807, 2.05) is 24.3 Å². The Bertz CT molecular complexity index is 552. The topological polar surface area (TPSA) is 51.4 Å². The molecule has 1 aromatic carbocycles. The van der Waals surface area contributed by atoms with Crippen molar-refractivity contribution in [3.05, 3.63) is 35.2 Å². The number of benzene rings is 1. The molecule has 1 aliphatic heterocycles. The number of hydrogen-bond donors (Lipinski definition) is 0. The Labute approximate surface area is 116 Å². The monoisotopic (exact) mass is 279 g/mol. The average Bonchev–Trinajstić information content (AvgIpc) is 2.88. The van der Waals surface area contributed by atoms with Gasteiger partial charge < -0.3 is 9.15 Å². The van der Waals surface area contributed by atoms with Crippen LogP contribution in [0.5, 0.6) is 0 Å². The molecule has 0 spiro atoms. The van der Waals surface area contributed by atoms with Gasteiger partial charge in [-0.25, -0.2) is 0 Å². The lowest BCUT2D eigenvalue weighted by atomic mass is 10.2. The molecule has 1 aliphatic rings. The fraction of sp³-hybridized carbons (Fsp3) is 0.385. The van der Waals surface area contributed by atoms with Crippen molar-refractivity contribution in [3.8, 4) is 11.5 Å². The summed E-state index contributed by atoms with van der Waals surface area (Å²) < 4.78 is 11.0. The highest BCUT2D eigenvalue weighted by Crippen LogP contribution is 2.21. The molecule has 2 heterocycles. The van der Waals surface area contributed by atoms with Gasteiger partial charge in [-0.05, 0) is 18.2 Å². The van der Waals surface area contributed by atoms with Crippen LogP contribution >= 0.6 is 11.6 Å². The first-order valence-corrected chi connectivity index (χ1v) is 6.57. The van der Waals surface area contributed by atoms with Gasteiger partial charge in [0.15, 0.2) is 0 Å². The molecule has 2 aromatic rings. The van der Waals surface area contributed by atoms with E-state index in [1.165, 1.54) is 0 Å². The second-order valence-corrected chi connectivity index (χ2v) is 4.84. The molecule has 3 rings (SSSR count). The second kappa shape index (κ2) is 5.69. The van der Waals surface area contributed by atoms with Crippen molar-refractivity contribution in [2.45, 2.75) is 6.54 Å². The lowest BCUT2D eigenvalue weighted by Gasteiger charge is -2.24. The van der Waals surface area contributed by atoms with Gasteiger partial charge in [-0.3, -0.25) is 4.90 Å². The zero-order valence-electron chi connectivity index (χ0n) is 10.4. The van der Waals surface area contributed by atoms with E-state index in [0.717, 1.165) is 31.9 Å². The predicted octanol–water partition coefficient (Wildman–Crippen LogP) is 2.22. The van der Waals surface area contributed by atoms with Gasteiger partial charge in [-0.15, -0.1) is 10.2 Å². The lowest BCUT2D eigenvalue weighted by molar-refractivity contribution is 0.0306. The molecule has 1 aromatic heterocycles. The third kappa shape index (κ3) is 3.12. The van der Waals surface area contributed by atoms with Crippen molar-refractivity contribution >= 4 is 11.6 Å². The Morgan fingerprint density at radius 3 is 2.84 bits per heavy atom. The van der Waals surface area contributed by atoms with Gasteiger partial charge in [0, 0.05) is 23.7 Å². The third-order valence-corrected chi connectivity index (χ3v) is 3.24. The van der Waals surface area contributed by atoms with E-state index in [0.29, 0.717) is 23.3 Å². The van der Waals surface area contributed by atoms with Crippen molar-refractivity contribution in [2.24, 2.45) is 0 Å². The fourth-order valence-corrected chi connectivity index (χ4v) is 2.20. The van der Waals surface area contributed by atoms with Crippen LogP contribution in [-0.2, 0) is 11.3 Å². The Morgan fingerprint density at radius 2 is 2.05 bits per heavy atom. The highest BCUT2D eigenvalue weighted by atomic mass is 35.5. The van der Waals surface area contributed by atoms with Gasteiger partial charge in [-0.1, -0.05) is 17.7 Å². The summed E-state index contributed by atoms with van der Waals surface area (Å²) in [5.41, 5.74) is 0.841. The standard InChI is InChI=1S/C13H14ClN3O2/c14-11-3-1-2-10(8-11)13-16-15-12(19-13)9-17-4-6-18-7-5-17/h1-3,8H,4-7,9H2. The van der Waals surface area contributed by atoms with Crippen LogP contribution in [-0.4, -0.2) is 41.4 Å². The number of nitrogens with zero attached hydrogens (tertiary/aromatic N) is 3. The fourth-order valence-electron chi connectivity index (χ4n) is 2.01. The maximum absolute atomic E-state index is 5.95. The summed E-state index contributed by atoms with van der Waals surface area (Å²) in [6.07, 6.45) is 0. The third-order valence-electron chi connectivity index (χ3n) is 3.00. The lowest BCUT2D eigenvalue weighted by Crippen LogP contribution is -2.35. The summed E-state index contributed by atoms with van der Waals surface area (Å²) >= 11 is 5.95. The van der Waals surface area contributed by atoms with Crippen LogP contribution in [0.2, 0.25) is 5.02 Å². The number of halogens is 1. The van der Waals surface area contributed by atoms with Crippen LogP contribution in [0.15, 0.2) is 28.7 Å². The largest absolute Gasteiger partial charge is 0.419 e. The zero-order chi connectivity index (χ0) is 13.1. The second-order valence-electron chi connectivity index (χ2n) is 4.40. The minimum absolute atomic E-state index is 0.505. The summed E-state index contributed by atoms with van der Waals surface area (Å²) in [5, 5.41) is 8.79. The molecule has 1 fully saturated rings. The molecule has 0 atom stereocenters. The highest BCUT2D eigenvalue weighted by Gasteiger charge is 2.15. The quantitative estimate of drug-likeness (QED) is 0.862. The molecule has 0 amide bonds. The summed E-state index contributed by atoms with van der Waals surface area (Å²) in [7, 11) is 0. The van der Waals surface area contributed by atoms with E-state index in [-0.39, 0.29) is 0 Å². The van der Waals surface area contributed by atoms with E-state index < -0.39 is 0 Å². The van der Waals surface area contributed by atoms with E-state index in [4.69, 9.17) is 20.8 Å². The number of morpholine rings is 1. The first-order valence-electron chi connectivity index (χ1n) is 6.20. The molecule has 5 nitrogen and oxygen atoms in total. The molecule has 6 heteroatoms. The molecule has 0 bridgehead atoms. The van der Waals surface area contributed by atoms with E-state index >= 15 is 0 Å². The van der Waals surface area contributed by atoms with Gasteiger partial charge in [0.25, 0.3) is 0 Å². The summed E-state index contributed by atoms with van der Waals surface area (Å²) in [5.74, 6) is 1.13. The number of rotatable bonds is 3. The smallest absolute Gasteiger partial charge is 0.247 e. The summed E-state index contributed by atoms with van der Waals surface area (Å²) in [6.45, 7) is 3.98. The molecule has 1 saturated heterocycles. The summed E-state index contributed by atoms with van der Waals surface area (Å²) in [6, 6.07) is 7.39. The van der Waals surface area contributed by atoms with Crippen LogP contribution < -0.4 is 0 Å². The summed E-state index contributed by atoms with van der Waals surface area (Å²) in [4.78, 5) is 2.23. The Hall–Kier alpha value is -1.43. The van der Waals surface area contributed by atoms with Crippen molar-refractivity contribution in [3.63, 3.8) is 0 Å². The van der Waals surface area contributed by atoms with Crippen molar-refractivity contribution in [1.82, 2.24) is 15.1 Å².